The summed E-state index contributed by atoms with van der Waals surface area (Å²) in [4.78, 5) is 0. The summed E-state index contributed by atoms with van der Waals surface area (Å²) in [5, 5.41) is 0. The van der Waals surface area contributed by atoms with Gasteiger partial charge in [0.1, 0.15) is 0 Å². The van der Waals surface area contributed by atoms with Crippen molar-refractivity contribution in [2.45, 2.75) is 0 Å². The molecule has 0 heterocycles. The zero-order valence-corrected chi connectivity index (χ0v) is 5.93. The van der Waals surface area contributed by atoms with Crippen LogP contribution >= 0.6 is 9.90 Å². The minimum absolute atomic E-state index is 0. The van der Waals surface area contributed by atoms with Gasteiger partial charge in [-0.3, -0.25) is 0 Å². The van der Waals surface area contributed by atoms with Crippen molar-refractivity contribution < 1.29 is 11.0 Å². The maximum Gasteiger partial charge on any atom is 2.00 e. The predicted molar refractivity (Wildman–Crippen MR) is 20.7 cm³/mol. The van der Waals surface area contributed by atoms with E-state index in [0.29, 0.717) is 0 Å². The van der Waals surface area contributed by atoms with Crippen LogP contribution in [0.15, 0.2) is 0 Å². The van der Waals surface area contributed by atoms with E-state index in [4.69, 9.17) is 0 Å². The van der Waals surface area contributed by atoms with Gasteiger partial charge in [0.05, 0.1) is 0 Å². The van der Waals surface area contributed by atoms with Crippen LogP contribution in [0.1, 0.15) is 0 Å². The zero-order chi connectivity index (χ0) is 0. The van der Waals surface area contributed by atoms with Crippen molar-refractivity contribution in [1.29, 1.82) is 0 Å². The van der Waals surface area contributed by atoms with Gasteiger partial charge < -0.3 is 11.0 Å². The molecule has 0 fully saturated rings. The van der Waals surface area contributed by atoms with Crippen molar-refractivity contribution in [2.24, 2.45) is 0 Å². The molecule has 0 aromatic heterocycles. The molecule has 2 nitrogen and oxygen atoms in total. The monoisotopic (exact) mass is 108 g/mol. The average Bonchev–Trinajstić information content (AvgIpc) is 0. The smallest absolute Gasteiger partial charge is 0.870 e. The zero-order valence-electron chi connectivity index (χ0n) is 2.31. The first kappa shape index (κ1) is 46.0. The predicted octanol–water partition coefficient (Wildman–Crippen LogP) is -0.676. The van der Waals surface area contributed by atoms with Gasteiger partial charge in [0.2, 0.25) is 0 Å². The van der Waals surface area contributed by atoms with Gasteiger partial charge in [-0.25, -0.2) is 0 Å². The van der Waals surface area contributed by atoms with E-state index in [0.717, 1.165) is 0 Å². The van der Waals surface area contributed by atoms with E-state index in [1.54, 1.807) is 0 Å². The van der Waals surface area contributed by atoms with Crippen molar-refractivity contribution >= 4 is 47.6 Å². The molecular formula is H5CaO2P. The molecule has 0 aromatic rings. The van der Waals surface area contributed by atoms with E-state index in [-0.39, 0.29) is 58.6 Å². The molecule has 0 aliphatic heterocycles. The van der Waals surface area contributed by atoms with Crippen LogP contribution in [0.2, 0.25) is 0 Å². The number of rotatable bonds is 0. The molecule has 24 valence electrons. The van der Waals surface area contributed by atoms with E-state index in [1.807, 2.05) is 0 Å². The topological polar surface area (TPSA) is 60.0 Å². The summed E-state index contributed by atoms with van der Waals surface area (Å²) >= 11 is 0. The summed E-state index contributed by atoms with van der Waals surface area (Å²) in [5.41, 5.74) is 0. The van der Waals surface area contributed by atoms with Gasteiger partial charge in [-0.2, -0.15) is 9.90 Å². The molecule has 4 heteroatoms. The van der Waals surface area contributed by atoms with Crippen molar-refractivity contribution in [3.05, 3.63) is 0 Å². The van der Waals surface area contributed by atoms with Gasteiger partial charge >= 0.3 is 37.7 Å². The van der Waals surface area contributed by atoms with Crippen molar-refractivity contribution in [1.82, 2.24) is 0 Å². The first-order valence-electron chi connectivity index (χ1n) is 0. The van der Waals surface area contributed by atoms with Crippen molar-refractivity contribution in [2.75, 3.05) is 0 Å². The summed E-state index contributed by atoms with van der Waals surface area (Å²) in [6.45, 7) is 0. The van der Waals surface area contributed by atoms with Crippen LogP contribution in [0.5, 0.6) is 0 Å². The minimum atomic E-state index is 0. The van der Waals surface area contributed by atoms with Crippen LogP contribution in [-0.4, -0.2) is 48.7 Å². The molecule has 0 saturated carbocycles. The molecule has 1 atom stereocenters. The SMILES string of the molecule is P.[Ca+2].[OH-].[OH-]. The van der Waals surface area contributed by atoms with Crippen LogP contribution in [0.25, 0.3) is 0 Å². The van der Waals surface area contributed by atoms with E-state index in [9.17, 15) is 0 Å². The molecule has 0 spiro atoms. The minimum Gasteiger partial charge on any atom is -0.870 e. The standard InChI is InChI=1S/Ca.2H2O.H3P/h;2*1H2;1H3/q+2;;;/p-2. The molecule has 0 aromatic carbocycles. The third kappa shape index (κ3) is 9.49. The summed E-state index contributed by atoms with van der Waals surface area (Å²) in [5.74, 6) is 0. The Labute approximate surface area is 58.2 Å². The molecule has 0 bridgehead atoms. The summed E-state index contributed by atoms with van der Waals surface area (Å²) < 4.78 is 0. The Balaban J connectivity index is 0. The van der Waals surface area contributed by atoms with Crippen LogP contribution in [0, 0.1) is 0 Å². The Hall–Kier alpha value is 1.61. The number of hydrogen-bond donors (Lipinski definition) is 0. The summed E-state index contributed by atoms with van der Waals surface area (Å²) in [7, 11) is 0. The summed E-state index contributed by atoms with van der Waals surface area (Å²) in [6.07, 6.45) is 0. The second-order valence-electron chi connectivity index (χ2n) is 0. The van der Waals surface area contributed by atoms with Crippen LogP contribution in [0.3, 0.4) is 0 Å². The van der Waals surface area contributed by atoms with E-state index in [1.165, 1.54) is 0 Å². The molecule has 0 rings (SSSR count). The van der Waals surface area contributed by atoms with E-state index in [2.05, 4.69) is 0 Å². The average molecular weight is 108 g/mol. The second-order valence-corrected chi connectivity index (χ2v) is 0. The first-order chi connectivity index (χ1) is 0. The Morgan fingerprint density at radius 3 is 0.750 bits per heavy atom. The summed E-state index contributed by atoms with van der Waals surface area (Å²) in [6, 6.07) is 0. The molecular weight excluding hydrogens is 103 g/mol. The van der Waals surface area contributed by atoms with Gasteiger partial charge in [-0.1, -0.05) is 0 Å². The van der Waals surface area contributed by atoms with Crippen LogP contribution in [0.4, 0.5) is 0 Å². The van der Waals surface area contributed by atoms with Gasteiger partial charge in [0.15, 0.2) is 0 Å². The molecule has 2 N–H and O–H groups in total. The fourth-order valence-electron chi connectivity index (χ4n) is 0. The molecule has 0 aliphatic carbocycles. The Morgan fingerprint density at radius 2 is 0.750 bits per heavy atom. The van der Waals surface area contributed by atoms with E-state index < -0.39 is 0 Å². The first-order valence-corrected chi connectivity index (χ1v) is 0. The van der Waals surface area contributed by atoms with Crippen molar-refractivity contribution in [3.8, 4) is 0 Å². The second kappa shape index (κ2) is 23.2. The number of hydrogen-bond acceptors (Lipinski definition) is 2. The maximum atomic E-state index is 0. The fraction of sp³-hybridized carbons (Fsp3) is 0. The Bertz CT molecular complexity index is 6.00. The van der Waals surface area contributed by atoms with Crippen LogP contribution < -0.4 is 0 Å². The normalized spacial score (nSPS) is 0. The fourth-order valence-corrected chi connectivity index (χ4v) is 0. The largest absolute Gasteiger partial charge is 2.00 e. The molecule has 1 unspecified atom stereocenters. The third-order valence-electron chi connectivity index (χ3n) is 0. The molecule has 0 amide bonds. The third-order valence-corrected chi connectivity index (χ3v) is 0. The van der Waals surface area contributed by atoms with E-state index >= 15 is 0 Å². The Morgan fingerprint density at radius 1 is 0.750 bits per heavy atom. The van der Waals surface area contributed by atoms with Gasteiger partial charge in [-0.15, -0.1) is 0 Å². The quantitative estimate of drug-likeness (QED) is 0.305. The molecule has 0 radical (unpaired) electrons. The van der Waals surface area contributed by atoms with Gasteiger partial charge in [-0.05, 0) is 0 Å². The molecule has 0 saturated heterocycles. The van der Waals surface area contributed by atoms with Gasteiger partial charge in [0.25, 0.3) is 0 Å². The Kier molecular flexibility index (Phi) is 267. The van der Waals surface area contributed by atoms with Crippen molar-refractivity contribution in [3.63, 3.8) is 0 Å². The maximum absolute atomic E-state index is 0. The van der Waals surface area contributed by atoms with Gasteiger partial charge in [0, 0.05) is 0 Å². The van der Waals surface area contributed by atoms with Crippen LogP contribution in [-0.2, 0) is 0 Å². The molecule has 4 heavy (non-hydrogen) atoms. The molecule has 0 aliphatic rings.